The largest absolute Gasteiger partial charge is 0.397 e. The third-order valence-corrected chi connectivity index (χ3v) is 2.59. The Morgan fingerprint density at radius 3 is 3.13 bits per heavy atom. The number of oxazole rings is 1. The van der Waals surface area contributed by atoms with Gasteiger partial charge >= 0.3 is 5.63 Å². The highest BCUT2D eigenvalue weighted by Gasteiger charge is 1.95. The summed E-state index contributed by atoms with van der Waals surface area (Å²) < 4.78 is 4.92. The maximum absolute atomic E-state index is 11.4. The third kappa shape index (κ3) is 2.18. The Morgan fingerprint density at radius 2 is 2.47 bits per heavy atom. The number of aromatic amines is 1. The average molecular weight is 219 g/mol. The van der Waals surface area contributed by atoms with Crippen LogP contribution < -0.4 is 16.5 Å². The van der Waals surface area contributed by atoms with Gasteiger partial charge in [-0.05, 0) is 30.5 Å². The summed E-state index contributed by atoms with van der Waals surface area (Å²) in [5, 5.41) is 2.40. The predicted octanol–water partition coefficient (Wildman–Crippen LogP) is 0.814. The SMILES string of the molecule is CC=C=c1[nH]c(=Cc2cccs2)c(=O)o1. The molecule has 1 N–H and O–H groups in total. The molecule has 0 aliphatic heterocycles. The first kappa shape index (κ1) is 9.77. The van der Waals surface area contributed by atoms with E-state index in [1.807, 2.05) is 24.4 Å². The predicted molar refractivity (Wildman–Crippen MR) is 60.1 cm³/mol. The lowest BCUT2D eigenvalue weighted by Crippen LogP contribution is -2.20. The fourth-order valence-electron chi connectivity index (χ4n) is 1.15. The molecule has 0 saturated heterocycles. The first-order chi connectivity index (χ1) is 7.29. The molecule has 0 bridgehead atoms. The van der Waals surface area contributed by atoms with Crippen molar-refractivity contribution in [1.29, 1.82) is 0 Å². The summed E-state index contributed by atoms with van der Waals surface area (Å²) in [5.41, 5.74) is 2.77. The van der Waals surface area contributed by atoms with E-state index < -0.39 is 0 Å². The molecule has 0 aliphatic rings. The van der Waals surface area contributed by atoms with Crippen LogP contribution in [0.2, 0.25) is 0 Å². The van der Waals surface area contributed by atoms with E-state index in [0.29, 0.717) is 10.9 Å². The molecule has 0 saturated carbocycles. The zero-order chi connectivity index (χ0) is 10.7. The molecule has 2 heterocycles. The van der Waals surface area contributed by atoms with Crippen molar-refractivity contribution in [2.24, 2.45) is 0 Å². The van der Waals surface area contributed by atoms with Crippen molar-refractivity contribution in [3.05, 3.63) is 49.8 Å². The zero-order valence-electron chi connectivity index (χ0n) is 8.11. The van der Waals surface area contributed by atoms with Crippen molar-refractivity contribution in [3.8, 4) is 0 Å². The van der Waals surface area contributed by atoms with E-state index in [2.05, 4.69) is 10.7 Å². The van der Waals surface area contributed by atoms with Gasteiger partial charge in [-0.1, -0.05) is 11.8 Å². The molecule has 0 atom stereocenters. The van der Waals surface area contributed by atoms with Crippen LogP contribution in [0.25, 0.3) is 11.8 Å². The van der Waals surface area contributed by atoms with Crippen LogP contribution in [0, 0.1) is 0 Å². The Balaban J connectivity index is 2.65. The summed E-state index contributed by atoms with van der Waals surface area (Å²) in [6, 6.07) is 3.87. The highest BCUT2D eigenvalue weighted by molar-refractivity contribution is 7.10. The smallest absolute Gasteiger partial charge is 0.362 e. The van der Waals surface area contributed by atoms with Crippen LogP contribution in [0.5, 0.6) is 0 Å². The summed E-state index contributed by atoms with van der Waals surface area (Å²) in [6.07, 6.45) is 3.45. The molecule has 0 aliphatic carbocycles. The normalized spacial score (nSPS) is 11.4. The third-order valence-electron chi connectivity index (χ3n) is 1.77. The van der Waals surface area contributed by atoms with Crippen LogP contribution in [0.15, 0.2) is 32.8 Å². The molecule has 0 unspecified atom stereocenters. The second kappa shape index (κ2) is 4.17. The molecule has 0 fully saturated rings. The Kier molecular flexibility index (Phi) is 2.72. The van der Waals surface area contributed by atoms with Crippen LogP contribution in [0.1, 0.15) is 11.8 Å². The summed E-state index contributed by atoms with van der Waals surface area (Å²) in [7, 11) is 0. The maximum Gasteiger partial charge on any atom is 0.362 e. The van der Waals surface area contributed by atoms with Crippen molar-refractivity contribution >= 4 is 23.1 Å². The molecule has 4 heteroatoms. The molecule has 0 amide bonds. The van der Waals surface area contributed by atoms with Gasteiger partial charge in [-0.2, -0.15) is 0 Å². The molecule has 15 heavy (non-hydrogen) atoms. The van der Waals surface area contributed by atoms with Crippen LogP contribution in [0.4, 0.5) is 0 Å². The van der Waals surface area contributed by atoms with E-state index >= 15 is 0 Å². The fourth-order valence-corrected chi connectivity index (χ4v) is 1.81. The van der Waals surface area contributed by atoms with Gasteiger partial charge in [0.15, 0.2) is 0 Å². The number of aromatic nitrogens is 1. The summed E-state index contributed by atoms with van der Waals surface area (Å²) in [4.78, 5) is 15.2. The molecule has 0 aromatic carbocycles. The number of H-pyrrole nitrogens is 1. The van der Waals surface area contributed by atoms with Gasteiger partial charge in [-0.15, -0.1) is 11.3 Å². The van der Waals surface area contributed by atoms with Gasteiger partial charge in [0.2, 0.25) is 5.55 Å². The maximum atomic E-state index is 11.4. The molecule has 76 valence electrons. The fraction of sp³-hybridized carbons (Fsp3) is 0.0909. The van der Waals surface area contributed by atoms with Crippen LogP contribution in [-0.4, -0.2) is 4.98 Å². The van der Waals surface area contributed by atoms with Crippen LogP contribution in [-0.2, 0) is 0 Å². The molecular weight excluding hydrogens is 210 g/mol. The number of thiophene rings is 1. The van der Waals surface area contributed by atoms with E-state index in [4.69, 9.17) is 4.42 Å². The number of rotatable bonds is 1. The minimum absolute atomic E-state index is 0.352. The zero-order valence-corrected chi connectivity index (χ0v) is 8.93. The van der Waals surface area contributed by atoms with Gasteiger partial charge < -0.3 is 9.40 Å². The topological polar surface area (TPSA) is 46.0 Å². The van der Waals surface area contributed by atoms with E-state index in [-0.39, 0.29) is 5.63 Å². The minimum atomic E-state index is -0.368. The van der Waals surface area contributed by atoms with Crippen molar-refractivity contribution in [2.45, 2.75) is 6.92 Å². The lowest BCUT2D eigenvalue weighted by molar-refractivity contribution is 0.487. The van der Waals surface area contributed by atoms with Gasteiger partial charge in [0.1, 0.15) is 5.35 Å². The highest BCUT2D eigenvalue weighted by atomic mass is 32.1. The van der Waals surface area contributed by atoms with Crippen molar-refractivity contribution < 1.29 is 4.42 Å². The molecule has 2 aromatic heterocycles. The standard InChI is InChI=1S/C11H9NO2S/c1-2-4-10-12-9(11(13)14-10)7-8-5-3-6-15-8/h2-3,5-7,12H,1H3. The Hall–Kier alpha value is -1.77. The van der Waals surface area contributed by atoms with Crippen molar-refractivity contribution in [3.63, 3.8) is 0 Å². The van der Waals surface area contributed by atoms with Crippen LogP contribution in [0.3, 0.4) is 0 Å². The molecule has 3 nitrogen and oxygen atoms in total. The lowest BCUT2D eigenvalue weighted by Gasteiger charge is -1.76. The number of allylic oxidation sites excluding steroid dienone is 1. The summed E-state index contributed by atoms with van der Waals surface area (Å²) in [6.45, 7) is 1.81. The second-order valence-corrected chi connectivity index (χ2v) is 3.83. The number of hydrogen-bond acceptors (Lipinski definition) is 3. The lowest BCUT2D eigenvalue weighted by atomic mass is 10.4. The Labute approximate surface area is 89.7 Å². The summed E-state index contributed by atoms with van der Waals surface area (Å²) >= 11 is 1.56. The van der Waals surface area contributed by atoms with E-state index in [1.165, 1.54) is 0 Å². The van der Waals surface area contributed by atoms with Crippen molar-refractivity contribution in [2.75, 3.05) is 0 Å². The van der Waals surface area contributed by atoms with Crippen molar-refractivity contribution in [1.82, 2.24) is 4.98 Å². The monoisotopic (exact) mass is 219 g/mol. The molecular formula is C11H9NO2S. The molecule has 2 aromatic rings. The Morgan fingerprint density at radius 1 is 1.60 bits per heavy atom. The summed E-state index contributed by atoms with van der Waals surface area (Å²) in [5.74, 6) is 0. The van der Waals surface area contributed by atoms with Gasteiger partial charge in [0.05, 0.1) is 0 Å². The molecule has 2 rings (SSSR count). The minimum Gasteiger partial charge on any atom is -0.397 e. The van der Waals surface area contributed by atoms with E-state index in [9.17, 15) is 4.79 Å². The first-order valence-electron chi connectivity index (χ1n) is 4.45. The number of nitrogens with one attached hydrogen (secondary N) is 1. The van der Waals surface area contributed by atoms with Gasteiger partial charge in [0, 0.05) is 4.88 Å². The molecule has 0 radical (unpaired) electrons. The second-order valence-electron chi connectivity index (χ2n) is 2.85. The average Bonchev–Trinajstić information content (AvgIpc) is 2.79. The highest BCUT2D eigenvalue weighted by Crippen LogP contribution is 2.07. The Bertz CT molecular complexity index is 640. The van der Waals surface area contributed by atoms with E-state index in [0.717, 1.165) is 4.88 Å². The van der Waals surface area contributed by atoms with E-state index in [1.54, 1.807) is 23.5 Å². The molecule has 0 spiro atoms. The van der Waals surface area contributed by atoms with Gasteiger partial charge in [-0.3, -0.25) is 0 Å². The number of hydrogen-bond donors (Lipinski definition) is 1. The first-order valence-corrected chi connectivity index (χ1v) is 5.33. The van der Waals surface area contributed by atoms with Crippen LogP contribution >= 0.6 is 11.3 Å². The van der Waals surface area contributed by atoms with Gasteiger partial charge in [0.25, 0.3) is 0 Å². The van der Waals surface area contributed by atoms with Gasteiger partial charge in [-0.25, -0.2) is 4.79 Å². The quantitative estimate of drug-likeness (QED) is 0.771.